The molecular formula is C37H40N4O4S. The van der Waals surface area contributed by atoms with E-state index in [4.69, 9.17) is 4.74 Å². The molecule has 46 heavy (non-hydrogen) atoms. The number of ether oxygens (including phenoxy) is 1. The zero-order valence-electron chi connectivity index (χ0n) is 26.3. The van der Waals surface area contributed by atoms with E-state index in [1.54, 1.807) is 43.5 Å². The third-order valence-electron chi connectivity index (χ3n) is 9.07. The Morgan fingerprint density at radius 2 is 1.65 bits per heavy atom. The number of aryl methyl sites for hydroxylation is 1. The Bertz CT molecular complexity index is 1920. The number of H-pyrrole nitrogens is 1. The van der Waals surface area contributed by atoms with E-state index in [1.807, 2.05) is 67.7 Å². The second-order valence-electron chi connectivity index (χ2n) is 12.6. The van der Waals surface area contributed by atoms with Crippen molar-refractivity contribution in [2.45, 2.75) is 68.2 Å². The molecule has 1 saturated carbocycles. The van der Waals surface area contributed by atoms with E-state index in [0.29, 0.717) is 12.3 Å². The van der Waals surface area contributed by atoms with Gasteiger partial charge in [0.1, 0.15) is 21.9 Å². The smallest absolute Gasteiger partial charge is 0.245 e. The van der Waals surface area contributed by atoms with Crippen molar-refractivity contribution < 1.29 is 17.9 Å². The molecule has 9 heteroatoms. The average molecular weight is 637 g/mol. The maximum absolute atomic E-state index is 14.4. The van der Waals surface area contributed by atoms with E-state index in [0.717, 1.165) is 59.8 Å². The quantitative estimate of drug-likeness (QED) is 0.145. The van der Waals surface area contributed by atoms with Gasteiger partial charge in [0.2, 0.25) is 15.9 Å². The minimum absolute atomic E-state index is 0.0502. The van der Waals surface area contributed by atoms with Crippen LogP contribution in [0.25, 0.3) is 10.9 Å². The van der Waals surface area contributed by atoms with Gasteiger partial charge in [0, 0.05) is 47.4 Å². The summed E-state index contributed by atoms with van der Waals surface area (Å²) in [6.07, 6.45) is 8.80. The summed E-state index contributed by atoms with van der Waals surface area (Å²) < 4.78 is 37.3. The molecule has 2 aromatic heterocycles. The minimum Gasteiger partial charge on any atom is -0.456 e. The first-order valence-electron chi connectivity index (χ1n) is 15.8. The van der Waals surface area contributed by atoms with Gasteiger partial charge in [-0.1, -0.05) is 73.4 Å². The van der Waals surface area contributed by atoms with E-state index < -0.39 is 21.5 Å². The zero-order valence-corrected chi connectivity index (χ0v) is 27.1. The maximum atomic E-state index is 14.4. The van der Waals surface area contributed by atoms with Gasteiger partial charge in [-0.15, -0.1) is 0 Å². The van der Waals surface area contributed by atoms with Crippen molar-refractivity contribution in [1.29, 1.82) is 0 Å². The van der Waals surface area contributed by atoms with E-state index >= 15 is 0 Å². The van der Waals surface area contributed by atoms with Crippen LogP contribution >= 0.6 is 0 Å². The van der Waals surface area contributed by atoms with Crippen LogP contribution in [0.15, 0.2) is 108 Å². The van der Waals surface area contributed by atoms with Crippen LogP contribution in [0, 0.1) is 6.92 Å². The van der Waals surface area contributed by atoms with Gasteiger partial charge >= 0.3 is 0 Å². The number of pyridine rings is 1. The van der Waals surface area contributed by atoms with Crippen LogP contribution in [0.5, 0.6) is 11.5 Å². The highest BCUT2D eigenvalue weighted by Crippen LogP contribution is 2.38. The van der Waals surface area contributed by atoms with Crippen LogP contribution in [0.3, 0.4) is 0 Å². The number of nitrogens with zero attached hydrogens (tertiary/aromatic N) is 1. The molecule has 0 radical (unpaired) electrons. The highest BCUT2D eigenvalue weighted by atomic mass is 32.2. The standard InChI is InChI=1S/C37H40N4O4S/c1-27-17-19-29(20-18-27)45-32-14-6-7-15-33(32)46(43,44)41-36(2,24-28-25-39-31-13-5-4-12-30(28)31)35(42)40-26-37(21-9-3-10-22-37)34-16-8-11-23-38-34/h4-8,11-20,23,25,39,41H,3,9-10,21-22,24,26H2,1-2H3,(H,40,42). The second kappa shape index (κ2) is 13.1. The number of aromatic nitrogens is 2. The Morgan fingerprint density at radius 1 is 0.935 bits per heavy atom. The summed E-state index contributed by atoms with van der Waals surface area (Å²) in [5.74, 6) is 0.282. The summed E-state index contributed by atoms with van der Waals surface area (Å²) in [5, 5.41) is 4.11. The molecule has 1 atom stereocenters. The van der Waals surface area contributed by atoms with Gasteiger partial charge in [-0.3, -0.25) is 9.78 Å². The predicted molar refractivity (Wildman–Crippen MR) is 180 cm³/mol. The largest absolute Gasteiger partial charge is 0.456 e. The van der Waals surface area contributed by atoms with Crippen molar-refractivity contribution in [3.8, 4) is 11.5 Å². The number of rotatable bonds is 11. The molecule has 1 amide bonds. The number of carbonyl (C=O) groups is 1. The molecule has 1 aliphatic carbocycles. The molecule has 1 aliphatic rings. The summed E-state index contributed by atoms with van der Waals surface area (Å²) in [6.45, 7) is 3.98. The lowest BCUT2D eigenvalue weighted by molar-refractivity contribution is -0.126. The number of benzene rings is 3. The van der Waals surface area contributed by atoms with Gasteiger partial charge in [0.25, 0.3) is 0 Å². The van der Waals surface area contributed by atoms with Gasteiger partial charge in [-0.2, -0.15) is 4.72 Å². The van der Waals surface area contributed by atoms with Crippen LogP contribution in [0.4, 0.5) is 0 Å². The number of amides is 1. The van der Waals surface area contributed by atoms with Gasteiger partial charge in [0.15, 0.2) is 0 Å². The molecule has 0 bridgehead atoms. The van der Waals surface area contributed by atoms with Gasteiger partial charge < -0.3 is 15.0 Å². The first-order chi connectivity index (χ1) is 22.2. The SMILES string of the molecule is Cc1ccc(Oc2ccccc2S(=O)(=O)NC(C)(Cc2c[nH]c3ccccc23)C(=O)NCC2(c3ccccn3)CCCCC2)cc1. The van der Waals surface area contributed by atoms with E-state index in [2.05, 4.69) is 20.0 Å². The number of carbonyl (C=O) groups excluding carboxylic acids is 1. The Morgan fingerprint density at radius 3 is 2.41 bits per heavy atom. The lowest BCUT2D eigenvalue weighted by Crippen LogP contribution is -2.59. The van der Waals surface area contributed by atoms with Gasteiger partial charge in [-0.05, 0) is 74.7 Å². The molecule has 5 aromatic rings. The lowest BCUT2D eigenvalue weighted by atomic mass is 9.71. The highest BCUT2D eigenvalue weighted by molar-refractivity contribution is 7.89. The summed E-state index contributed by atoms with van der Waals surface area (Å²) in [6, 6.07) is 27.6. The molecule has 3 aromatic carbocycles. The number of hydrogen-bond acceptors (Lipinski definition) is 5. The third-order valence-corrected chi connectivity index (χ3v) is 10.7. The summed E-state index contributed by atoms with van der Waals surface area (Å²) in [4.78, 5) is 22.2. The third kappa shape index (κ3) is 6.71. The minimum atomic E-state index is -4.25. The summed E-state index contributed by atoms with van der Waals surface area (Å²) in [7, 11) is -4.25. The number of para-hydroxylation sites is 2. The average Bonchev–Trinajstić information content (AvgIpc) is 3.47. The van der Waals surface area contributed by atoms with Crippen LogP contribution < -0.4 is 14.8 Å². The van der Waals surface area contributed by atoms with Crippen molar-refractivity contribution in [1.82, 2.24) is 20.0 Å². The molecule has 0 spiro atoms. The van der Waals surface area contributed by atoms with Crippen LogP contribution in [-0.2, 0) is 26.7 Å². The molecule has 0 saturated heterocycles. The van der Waals surface area contributed by atoms with Crippen LogP contribution in [-0.4, -0.2) is 36.4 Å². The van der Waals surface area contributed by atoms with Crippen LogP contribution in [0.1, 0.15) is 55.8 Å². The molecule has 2 heterocycles. The zero-order chi connectivity index (χ0) is 32.2. The fourth-order valence-corrected chi connectivity index (χ4v) is 8.04. The summed E-state index contributed by atoms with van der Waals surface area (Å²) >= 11 is 0. The molecule has 238 valence electrons. The topological polar surface area (TPSA) is 113 Å². The molecule has 0 aliphatic heterocycles. The first-order valence-corrected chi connectivity index (χ1v) is 17.3. The molecule has 1 unspecified atom stereocenters. The van der Waals surface area contributed by atoms with E-state index in [9.17, 15) is 13.2 Å². The van der Waals surface area contributed by atoms with Crippen molar-refractivity contribution in [3.05, 3.63) is 120 Å². The van der Waals surface area contributed by atoms with Gasteiger partial charge in [-0.25, -0.2) is 8.42 Å². The number of aromatic amines is 1. The van der Waals surface area contributed by atoms with Crippen molar-refractivity contribution >= 4 is 26.8 Å². The number of sulfonamides is 1. The second-order valence-corrected chi connectivity index (χ2v) is 14.2. The summed E-state index contributed by atoms with van der Waals surface area (Å²) in [5.41, 5.74) is 1.90. The van der Waals surface area contributed by atoms with Crippen LogP contribution in [0.2, 0.25) is 0 Å². The first kappa shape index (κ1) is 31.5. The normalized spacial score (nSPS) is 16.0. The van der Waals surface area contributed by atoms with E-state index in [1.165, 1.54) is 6.07 Å². The highest BCUT2D eigenvalue weighted by Gasteiger charge is 2.42. The van der Waals surface area contributed by atoms with E-state index in [-0.39, 0.29) is 22.5 Å². The maximum Gasteiger partial charge on any atom is 0.245 e. The fourth-order valence-electron chi connectivity index (χ4n) is 6.54. The molecule has 1 fully saturated rings. The Hall–Kier alpha value is -4.47. The Balaban J connectivity index is 1.33. The lowest BCUT2D eigenvalue weighted by Gasteiger charge is -2.38. The number of hydrogen-bond donors (Lipinski definition) is 3. The molecular weight excluding hydrogens is 596 g/mol. The monoisotopic (exact) mass is 636 g/mol. The molecule has 6 rings (SSSR count). The van der Waals surface area contributed by atoms with Gasteiger partial charge in [0.05, 0.1) is 0 Å². The fraction of sp³-hybridized carbons (Fsp3) is 0.297. The predicted octanol–water partition coefficient (Wildman–Crippen LogP) is 6.96. The van der Waals surface area contributed by atoms with Crippen molar-refractivity contribution in [2.24, 2.45) is 0 Å². The Labute approximate surface area is 270 Å². The molecule has 8 nitrogen and oxygen atoms in total. The van der Waals surface area contributed by atoms with Crippen molar-refractivity contribution in [2.75, 3.05) is 6.54 Å². The number of fused-ring (bicyclic) bond motifs is 1. The Kier molecular flexibility index (Phi) is 8.97. The van der Waals surface area contributed by atoms with Crippen molar-refractivity contribution in [3.63, 3.8) is 0 Å². The number of nitrogens with one attached hydrogen (secondary N) is 3. The molecule has 3 N–H and O–H groups in total.